The molecule has 1 fully saturated rings. The topological polar surface area (TPSA) is 294 Å². The Hall–Kier alpha value is -4.36. The van der Waals surface area contributed by atoms with Crippen LogP contribution in [-0.4, -0.2) is 114 Å². The average Bonchev–Trinajstić information content (AvgIpc) is 2.91. The van der Waals surface area contributed by atoms with Gasteiger partial charge in [-0.1, -0.05) is 13.8 Å². The minimum absolute atomic E-state index is 0.114. The number of aliphatic hydroxyl groups is 1. The van der Waals surface area contributed by atoms with Gasteiger partial charge >= 0.3 is 17.9 Å². The van der Waals surface area contributed by atoms with E-state index in [9.17, 15) is 43.5 Å². The molecule has 19 nitrogen and oxygen atoms in total. The van der Waals surface area contributed by atoms with E-state index >= 15 is 0 Å². The average molecular weight is 675 g/mol. The molecule has 0 aliphatic carbocycles. The van der Waals surface area contributed by atoms with Crippen molar-refractivity contribution in [2.75, 3.05) is 6.61 Å². The van der Waals surface area contributed by atoms with Crippen LogP contribution in [0.15, 0.2) is 0 Å². The SMILES string of the molecule is CC(=O)N[C@@H]1[C@@H](OC(C)=O)[C@H](OC(C)=O)[C@@H](COC(C)=O)O[C@H]1NC(=O)[C@@H](N)CC(=O)N[C@@H](CC(C)C)C(=O)N[C@H](C(N)=O)[C@@H](C)O. The molecule has 9 N–H and O–H groups in total. The summed E-state index contributed by atoms with van der Waals surface area (Å²) in [5, 5.41) is 19.4. The molecule has 1 aliphatic heterocycles. The molecule has 47 heavy (non-hydrogen) atoms. The fourth-order valence-corrected chi connectivity index (χ4v) is 4.63. The van der Waals surface area contributed by atoms with Crippen LogP contribution in [0, 0.1) is 5.92 Å². The smallest absolute Gasteiger partial charge is 0.303 e. The molecule has 0 unspecified atom stereocenters. The highest BCUT2D eigenvalue weighted by atomic mass is 16.6. The number of carbonyl (C=O) groups excluding carboxylic acids is 8. The lowest BCUT2D eigenvalue weighted by Crippen LogP contribution is -2.70. The van der Waals surface area contributed by atoms with E-state index in [2.05, 4.69) is 21.3 Å². The number of hydrogen-bond acceptors (Lipinski definition) is 14. The quantitative estimate of drug-likeness (QED) is 0.0614. The van der Waals surface area contributed by atoms with Gasteiger partial charge in [0.15, 0.2) is 18.4 Å². The minimum atomic E-state index is -1.56. The maximum Gasteiger partial charge on any atom is 0.303 e. The predicted molar refractivity (Wildman–Crippen MR) is 159 cm³/mol. The minimum Gasteiger partial charge on any atom is -0.463 e. The van der Waals surface area contributed by atoms with Gasteiger partial charge in [0.1, 0.15) is 30.8 Å². The lowest BCUT2D eigenvalue weighted by atomic mass is 9.94. The van der Waals surface area contributed by atoms with Crippen LogP contribution < -0.4 is 32.7 Å². The summed E-state index contributed by atoms with van der Waals surface area (Å²) in [5.41, 5.74) is 11.2. The van der Waals surface area contributed by atoms with Crippen molar-refractivity contribution in [2.24, 2.45) is 17.4 Å². The zero-order valence-electron chi connectivity index (χ0n) is 27.4. The highest BCUT2D eigenvalue weighted by Crippen LogP contribution is 2.26. The molecule has 0 aromatic carbocycles. The van der Waals surface area contributed by atoms with Crippen LogP contribution in [0.4, 0.5) is 0 Å². The van der Waals surface area contributed by atoms with Crippen LogP contribution in [0.1, 0.15) is 61.3 Å². The molecule has 19 heteroatoms. The fourth-order valence-electron chi connectivity index (χ4n) is 4.63. The van der Waals surface area contributed by atoms with Crippen molar-refractivity contribution in [3.63, 3.8) is 0 Å². The Morgan fingerprint density at radius 3 is 1.87 bits per heavy atom. The van der Waals surface area contributed by atoms with Crippen molar-refractivity contribution in [1.82, 2.24) is 21.3 Å². The molecule has 266 valence electrons. The van der Waals surface area contributed by atoms with E-state index in [1.165, 1.54) is 6.92 Å². The summed E-state index contributed by atoms with van der Waals surface area (Å²) in [6.45, 7) is 8.63. The first-order valence-electron chi connectivity index (χ1n) is 14.8. The Morgan fingerprint density at radius 2 is 1.40 bits per heavy atom. The molecular formula is C28H46N6O13. The van der Waals surface area contributed by atoms with Crippen LogP contribution in [0.5, 0.6) is 0 Å². The van der Waals surface area contributed by atoms with Crippen molar-refractivity contribution < 1.29 is 62.4 Å². The van der Waals surface area contributed by atoms with Gasteiger partial charge in [-0.2, -0.15) is 0 Å². The van der Waals surface area contributed by atoms with Crippen molar-refractivity contribution in [3.8, 4) is 0 Å². The Bertz CT molecular complexity index is 1180. The van der Waals surface area contributed by atoms with Crippen molar-refractivity contribution in [3.05, 3.63) is 0 Å². The summed E-state index contributed by atoms with van der Waals surface area (Å²) in [7, 11) is 0. The normalized spacial score (nSPS) is 23.1. The molecule has 1 rings (SSSR count). The second-order valence-corrected chi connectivity index (χ2v) is 11.5. The molecule has 0 radical (unpaired) electrons. The van der Waals surface area contributed by atoms with E-state index in [-0.39, 0.29) is 12.3 Å². The van der Waals surface area contributed by atoms with E-state index < -0.39 is 115 Å². The summed E-state index contributed by atoms with van der Waals surface area (Å²) in [6.07, 6.45) is -7.51. The van der Waals surface area contributed by atoms with Gasteiger partial charge in [-0.3, -0.25) is 38.4 Å². The van der Waals surface area contributed by atoms with Crippen molar-refractivity contribution in [1.29, 1.82) is 0 Å². The van der Waals surface area contributed by atoms with Crippen LogP contribution in [0.25, 0.3) is 0 Å². The summed E-state index contributed by atoms with van der Waals surface area (Å²) in [4.78, 5) is 98.1. The molecule has 0 saturated carbocycles. The van der Waals surface area contributed by atoms with E-state index in [4.69, 9.17) is 30.4 Å². The maximum absolute atomic E-state index is 13.2. The molecule has 0 spiro atoms. The first kappa shape index (κ1) is 40.7. The summed E-state index contributed by atoms with van der Waals surface area (Å²) < 4.78 is 21.5. The standard InChI is InChI=1S/C28H46N6O13/c1-11(2)8-18(27(43)33-21(12(3)35)25(30)41)32-20(40)9-17(29)26(42)34-28-22(31-13(4)36)24(46-16(7)39)23(45-15(6)38)19(47-28)10-44-14(5)37/h11-12,17-19,21-24,28,35H,8-10,29H2,1-7H3,(H2,30,41)(H,31,36)(H,32,40)(H,33,43)(H,34,42)/t12-,17+,18+,19-,21+,22-,23-,24-,28-/m1/s1. The van der Waals surface area contributed by atoms with Gasteiger partial charge in [-0.05, 0) is 19.3 Å². The van der Waals surface area contributed by atoms with E-state index in [1.807, 2.05) is 0 Å². The van der Waals surface area contributed by atoms with Crippen molar-refractivity contribution >= 4 is 47.4 Å². The van der Waals surface area contributed by atoms with Gasteiger partial charge in [0.05, 0.1) is 18.6 Å². The van der Waals surface area contributed by atoms with E-state index in [0.717, 1.165) is 27.7 Å². The lowest BCUT2D eigenvalue weighted by Gasteiger charge is -2.45. The third-order valence-electron chi connectivity index (χ3n) is 6.59. The van der Waals surface area contributed by atoms with Crippen LogP contribution in [0.2, 0.25) is 0 Å². The van der Waals surface area contributed by atoms with Gasteiger partial charge in [-0.15, -0.1) is 0 Å². The molecule has 9 atom stereocenters. The van der Waals surface area contributed by atoms with Gasteiger partial charge in [0.25, 0.3) is 0 Å². The van der Waals surface area contributed by atoms with Crippen LogP contribution in [0.3, 0.4) is 0 Å². The van der Waals surface area contributed by atoms with Crippen LogP contribution in [-0.2, 0) is 57.3 Å². The van der Waals surface area contributed by atoms with Gasteiger partial charge < -0.3 is 56.8 Å². The van der Waals surface area contributed by atoms with Gasteiger partial charge in [0, 0.05) is 27.7 Å². The van der Waals surface area contributed by atoms with E-state index in [1.54, 1.807) is 13.8 Å². The summed E-state index contributed by atoms with van der Waals surface area (Å²) >= 11 is 0. The zero-order chi connectivity index (χ0) is 36.2. The molecule has 0 aromatic rings. The number of nitrogens with one attached hydrogen (secondary N) is 4. The predicted octanol–water partition coefficient (Wildman–Crippen LogP) is -3.64. The number of carbonyl (C=O) groups is 8. The lowest BCUT2D eigenvalue weighted by molar-refractivity contribution is -0.228. The number of nitrogens with two attached hydrogens (primary N) is 2. The molecule has 1 saturated heterocycles. The number of primary amides is 1. The third-order valence-corrected chi connectivity index (χ3v) is 6.59. The zero-order valence-corrected chi connectivity index (χ0v) is 27.4. The molecule has 1 heterocycles. The highest BCUT2D eigenvalue weighted by Gasteiger charge is 2.51. The first-order chi connectivity index (χ1) is 21.7. The Balaban J connectivity index is 3.21. The van der Waals surface area contributed by atoms with Gasteiger partial charge in [-0.25, -0.2) is 0 Å². The molecular weight excluding hydrogens is 628 g/mol. The molecule has 5 amide bonds. The Morgan fingerprint density at radius 1 is 0.830 bits per heavy atom. The fraction of sp³-hybridized carbons (Fsp3) is 0.714. The molecule has 1 aliphatic rings. The van der Waals surface area contributed by atoms with Crippen LogP contribution >= 0.6 is 0 Å². The second-order valence-electron chi connectivity index (χ2n) is 11.5. The number of ether oxygens (including phenoxy) is 4. The number of esters is 3. The Labute approximate surface area is 271 Å². The molecule has 0 aromatic heterocycles. The second kappa shape index (κ2) is 18.7. The number of aliphatic hydroxyl groups excluding tert-OH is 1. The summed E-state index contributed by atoms with van der Waals surface area (Å²) in [6, 6.07) is -5.52. The van der Waals surface area contributed by atoms with Gasteiger partial charge in [0.2, 0.25) is 29.5 Å². The maximum atomic E-state index is 13.2. The highest BCUT2D eigenvalue weighted by molar-refractivity contribution is 5.93. The number of amides is 5. The third kappa shape index (κ3) is 13.9. The summed E-state index contributed by atoms with van der Waals surface area (Å²) in [5.74, 6) is -6.76. The first-order valence-corrected chi connectivity index (χ1v) is 14.8. The largest absolute Gasteiger partial charge is 0.463 e. The van der Waals surface area contributed by atoms with E-state index in [0.29, 0.717) is 0 Å². The number of rotatable bonds is 16. The number of hydrogen-bond donors (Lipinski definition) is 7. The molecule has 0 bridgehead atoms. The Kier molecular flexibility index (Phi) is 16.2. The monoisotopic (exact) mass is 674 g/mol. The van der Waals surface area contributed by atoms with Crippen molar-refractivity contribution in [2.45, 2.75) is 116 Å².